The first-order valence-corrected chi connectivity index (χ1v) is 13.3. The Bertz CT molecular complexity index is 1380. The number of aryl methyl sites for hydroxylation is 1. The molecule has 1 amide bonds. The first-order valence-electron chi connectivity index (χ1n) is 13.3. The van der Waals surface area contributed by atoms with Crippen molar-refractivity contribution in [3.05, 3.63) is 39.8 Å². The molecule has 3 aromatic rings. The van der Waals surface area contributed by atoms with Crippen molar-refractivity contribution in [2.24, 2.45) is 0 Å². The summed E-state index contributed by atoms with van der Waals surface area (Å²) < 4.78 is 34.8. The van der Waals surface area contributed by atoms with Crippen molar-refractivity contribution < 1.29 is 18.3 Å². The second-order valence-corrected chi connectivity index (χ2v) is 10.8. The third-order valence-corrected chi connectivity index (χ3v) is 8.48. The largest absolute Gasteiger partial charge is 0.381 e. The number of aromatic amines is 1. The highest BCUT2D eigenvalue weighted by molar-refractivity contribution is 6.07. The number of nitrogens with one attached hydrogen (secondary N) is 1. The molecule has 0 spiro atoms. The molecule has 2 saturated heterocycles. The van der Waals surface area contributed by atoms with E-state index in [0.717, 1.165) is 50.1 Å². The maximum absolute atomic E-state index is 13.8. The van der Waals surface area contributed by atoms with Gasteiger partial charge in [-0.1, -0.05) is 0 Å². The zero-order valence-corrected chi connectivity index (χ0v) is 21.1. The second-order valence-electron chi connectivity index (χ2n) is 10.8. The number of nitrogens with zero attached hydrogens (tertiary/aromatic N) is 4. The van der Waals surface area contributed by atoms with E-state index in [9.17, 15) is 18.4 Å². The zero-order chi connectivity index (χ0) is 25.7. The standard InChI is InChI=1S/C27H33F2N5O3/c1-17-14-23-21(15-20(17)26(36)33-10-8-32(9-11-33)18-4-12-37-13-5-18)24-22(25(35)31-23)16-30-34(24)19-2-6-27(28,29)7-3-19/h14-16,18-19H,2-13H2,1H3,(H,31,35). The SMILES string of the molecule is Cc1cc2[nH]c(=O)c3cnn(C4CCC(F)(F)CC4)c3c2cc1C(=O)N1CCN(C2CCOCC2)CC1. The average molecular weight is 514 g/mol. The van der Waals surface area contributed by atoms with E-state index in [2.05, 4.69) is 15.0 Å². The minimum atomic E-state index is -2.65. The van der Waals surface area contributed by atoms with Gasteiger partial charge in [0.15, 0.2) is 0 Å². The molecule has 1 saturated carbocycles. The number of aromatic nitrogens is 3. The maximum atomic E-state index is 13.8. The molecule has 2 aromatic heterocycles. The summed E-state index contributed by atoms with van der Waals surface area (Å²) in [7, 11) is 0. The van der Waals surface area contributed by atoms with Gasteiger partial charge in [0.25, 0.3) is 11.5 Å². The van der Waals surface area contributed by atoms with E-state index >= 15 is 0 Å². The summed E-state index contributed by atoms with van der Waals surface area (Å²) in [6.07, 6.45) is 3.81. The van der Waals surface area contributed by atoms with Gasteiger partial charge in [-0.25, -0.2) is 8.78 Å². The predicted molar refractivity (Wildman–Crippen MR) is 136 cm³/mol. The molecule has 10 heteroatoms. The molecule has 0 atom stereocenters. The van der Waals surface area contributed by atoms with Gasteiger partial charge in [-0.15, -0.1) is 0 Å². The minimum Gasteiger partial charge on any atom is -0.381 e. The van der Waals surface area contributed by atoms with Crippen LogP contribution < -0.4 is 5.56 Å². The van der Waals surface area contributed by atoms with Gasteiger partial charge in [-0.05, 0) is 50.3 Å². The number of benzene rings is 1. The Morgan fingerprint density at radius 2 is 1.73 bits per heavy atom. The Hall–Kier alpha value is -2.85. The van der Waals surface area contributed by atoms with E-state index in [1.54, 1.807) is 4.68 Å². The Kier molecular flexibility index (Phi) is 6.27. The van der Waals surface area contributed by atoms with Crippen LogP contribution in [-0.2, 0) is 4.74 Å². The summed E-state index contributed by atoms with van der Waals surface area (Å²) in [5.74, 6) is -2.67. The minimum absolute atomic E-state index is 0.0197. The Labute approximate surface area is 213 Å². The molecule has 6 rings (SSSR count). The summed E-state index contributed by atoms with van der Waals surface area (Å²) >= 11 is 0. The fraction of sp³-hybridized carbons (Fsp3) is 0.593. The molecule has 198 valence electrons. The van der Waals surface area contributed by atoms with Gasteiger partial charge < -0.3 is 14.6 Å². The van der Waals surface area contributed by atoms with Crippen LogP contribution in [0.2, 0.25) is 0 Å². The highest BCUT2D eigenvalue weighted by Crippen LogP contribution is 2.40. The van der Waals surface area contributed by atoms with Crippen molar-refractivity contribution in [3.8, 4) is 0 Å². The number of piperazine rings is 1. The van der Waals surface area contributed by atoms with Crippen LogP contribution >= 0.6 is 0 Å². The summed E-state index contributed by atoms with van der Waals surface area (Å²) in [5.41, 5.74) is 2.37. The second kappa shape index (κ2) is 9.47. The van der Waals surface area contributed by atoms with Crippen LogP contribution in [0.4, 0.5) is 8.78 Å². The Morgan fingerprint density at radius 1 is 1.03 bits per heavy atom. The third kappa shape index (κ3) is 4.54. The lowest BCUT2D eigenvalue weighted by molar-refractivity contribution is -0.0445. The molecule has 1 aromatic carbocycles. The number of H-pyrrole nitrogens is 1. The Morgan fingerprint density at radius 3 is 2.43 bits per heavy atom. The summed E-state index contributed by atoms with van der Waals surface area (Å²) in [4.78, 5) is 33.8. The molecule has 8 nitrogen and oxygen atoms in total. The summed E-state index contributed by atoms with van der Waals surface area (Å²) in [6.45, 7) is 6.52. The lowest BCUT2D eigenvalue weighted by Crippen LogP contribution is -2.53. The average Bonchev–Trinajstić information content (AvgIpc) is 3.35. The van der Waals surface area contributed by atoms with Crippen molar-refractivity contribution in [2.45, 2.75) is 63.5 Å². The van der Waals surface area contributed by atoms with E-state index in [4.69, 9.17) is 4.74 Å². The van der Waals surface area contributed by atoms with Crippen LogP contribution in [0.15, 0.2) is 23.1 Å². The van der Waals surface area contributed by atoms with Gasteiger partial charge in [0.2, 0.25) is 5.92 Å². The Balaban J connectivity index is 1.31. The molecular weight excluding hydrogens is 480 g/mol. The van der Waals surface area contributed by atoms with Gasteiger partial charge >= 0.3 is 0 Å². The first kappa shape index (κ1) is 24.5. The van der Waals surface area contributed by atoms with Crippen LogP contribution in [0.3, 0.4) is 0 Å². The summed E-state index contributed by atoms with van der Waals surface area (Å²) in [5, 5.41) is 5.59. The fourth-order valence-corrected chi connectivity index (χ4v) is 6.28. The number of fused-ring (bicyclic) bond motifs is 3. The molecule has 37 heavy (non-hydrogen) atoms. The van der Waals surface area contributed by atoms with E-state index < -0.39 is 5.92 Å². The van der Waals surface area contributed by atoms with Crippen LogP contribution in [0.1, 0.15) is 60.5 Å². The van der Waals surface area contributed by atoms with Crippen molar-refractivity contribution >= 4 is 27.7 Å². The molecule has 0 radical (unpaired) electrons. The predicted octanol–water partition coefficient (Wildman–Crippen LogP) is 3.87. The van der Waals surface area contributed by atoms with Crippen LogP contribution in [0.25, 0.3) is 21.8 Å². The number of rotatable bonds is 3. The number of hydrogen-bond donors (Lipinski definition) is 1. The number of carbonyl (C=O) groups excluding carboxylic acids is 1. The quantitative estimate of drug-likeness (QED) is 0.575. The fourth-order valence-electron chi connectivity index (χ4n) is 6.28. The van der Waals surface area contributed by atoms with Crippen LogP contribution in [-0.4, -0.2) is 81.8 Å². The van der Waals surface area contributed by atoms with Gasteiger partial charge in [0.05, 0.1) is 28.7 Å². The van der Waals surface area contributed by atoms with Crippen molar-refractivity contribution in [1.82, 2.24) is 24.6 Å². The van der Waals surface area contributed by atoms with Crippen molar-refractivity contribution in [2.75, 3.05) is 39.4 Å². The van der Waals surface area contributed by atoms with Gasteiger partial charge in [-0.3, -0.25) is 19.2 Å². The van der Waals surface area contributed by atoms with Gasteiger partial charge in [0, 0.05) is 69.2 Å². The molecular formula is C27H33F2N5O3. The first-order chi connectivity index (χ1) is 17.8. The zero-order valence-electron chi connectivity index (χ0n) is 21.1. The van der Waals surface area contributed by atoms with E-state index in [-0.39, 0.29) is 30.3 Å². The normalized spacial score (nSPS) is 22.2. The highest BCUT2D eigenvalue weighted by Gasteiger charge is 2.36. The monoisotopic (exact) mass is 513 g/mol. The molecule has 0 unspecified atom stereocenters. The molecule has 3 aliphatic rings. The number of ether oxygens (including phenoxy) is 1. The molecule has 0 bridgehead atoms. The molecule has 1 aliphatic carbocycles. The number of alkyl halides is 2. The number of amides is 1. The van der Waals surface area contributed by atoms with Crippen LogP contribution in [0, 0.1) is 6.92 Å². The number of halogens is 2. The van der Waals surface area contributed by atoms with Gasteiger partial charge in [0.1, 0.15) is 0 Å². The molecule has 3 fully saturated rings. The highest BCUT2D eigenvalue weighted by atomic mass is 19.3. The van der Waals surface area contributed by atoms with Crippen molar-refractivity contribution in [3.63, 3.8) is 0 Å². The number of pyridine rings is 1. The van der Waals surface area contributed by atoms with Gasteiger partial charge in [-0.2, -0.15) is 5.10 Å². The third-order valence-electron chi connectivity index (χ3n) is 8.48. The number of carbonyl (C=O) groups is 1. The molecule has 4 heterocycles. The van der Waals surface area contributed by atoms with E-state index in [1.807, 2.05) is 24.0 Å². The van der Waals surface area contributed by atoms with E-state index in [0.29, 0.717) is 54.0 Å². The topological polar surface area (TPSA) is 83.5 Å². The lowest BCUT2D eigenvalue weighted by Gasteiger charge is -2.40. The smallest absolute Gasteiger partial charge is 0.259 e. The van der Waals surface area contributed by atoms with E-state index in [1.165, 1.54) is 6.20 Å². The van der Waals surface area contributed by atoms with Crippen molar-refractivity contribution in [1.29, 1.82) is 0 Å². The molecule has 2 aliphatic heterocycles. The number of hydrogen-bond acceptors (Lipinski definition) is 5. The van der Waals surface area contributed by atoms with Crippen LogP contribution in [0.5, 0.6) is 0 Å². The maximum Gasteiger partial charge on any atom is 0.259 e. The summed E-state index contributed by atoms with van der Waals surface area (Å²) in [6, 6.07) is 4.01. The lowest BCUT2D eigenvalue weighted by atomic mass is 9.92. The molecule has 1 N–H and O–H groups in total.